The number of aromatic nitrogens is 1. The monoisotopic (exact) mass is 346 g/mol. The minimum Gasteiger partial charge on any atom is -0.496 e. The molecule has 0 aliphatic heterocycles. The first-order chi connectivity index (χ1) is 12.6. The molecule has 0 unspecified atom stereocenters. The summed E-state index contributed by atoms with van der Waals surface area (Å²) < 4.78 is 5.13. The van der Waals surface area contributed by atoms with Gasteiger partial charge in [0.25, 0.3) is 5.91 Å². The van der Waals surface area contributed by atoms with Gasteiger partial charge in [0, 0.05) is 18.0 Å². The van der Waals surface area contributed by atoms with Crippen molar-refractivity contribution >= 4 is 17.9 Å². The van der Waals surface area contributed by atoms with Crippen molar-refractivity contribution in [2.75, 3.05) is 12.4 Å². The van der Waals surface area contributed by atoms with E-state index in [2.05, 4.69) is 10.3 Å². The Hall–Kier alpha value is -3.47. The van der Waals surface area contributed by atoms with E-state index in [1.165, 1.54) is 19.4 Å². The number of hydrogen-bond donors (Lipinski definition) is 1. The van der Waals surface area contributed by atoms with Crippen LogP contribution in [0.25, 0.3) is 11.1 Å². The summed E-state index contributed by atoms with van der Waals surface area (Å²) in [4.78, 5) is 27.6. The Morgan fingerprint density at radius 1 is 1.12 bits per heavy atom. The van der Waals surface area contributed by atoms with Gasteiger partial charge in [0.1, 0.15) is 11.4 Å². The molecule has 0 saturated carbocycles. The highest BCUT2D eigenvalue weighted by Gasteiger charge is 2.14. The summed E-state index contributed by atoms with van der Waals surface area (Å²) >= 11 is 0. The zero-order chi connectivity index (χ0) is 18.5. The Labute approximate surface area is 151 Å². The second-order valence-electron chi connectivity index (χ2n) is 5.73. The van der Waals surface area contributed by atoms with Crippen molar-refractivity contribution in [2.45, 2.75) is 6.92 Å². The first kappa shape index (κ1) is 17.4. The Morgan fingerprint density at radius 2 is 1.88 bits per heavy atom. The SMILES string of the molecule is COc1cc(C(=O)Nc2cccc(-c3ccccc3)c2C)ncc1C=O. The first-order valence-corrected chi connectivity index (χ1v) is 8.09. The molecule has 130 valence electrons. The number of anilines is 1. The lowest BCUT2D eigenvalue weighted by atomic mass is 9.99. The molecule has 3 aromatic rings. The molecule has 2 aromatic carbocycles. The third kappa shape index (κ3) is 3.47. The van der Waals surface area contributed by atoms with Crippen molar-refractivity contribution in [1.29, 1.82) is 0 Å². The maximum Gasteiger partial charge on any atom is 0.274 e. The van der Waals surface area contributed by atoms with Gasteiger partial charge in [-0.2, -0.15) is 0 Å². The number of pyridine rings is 1. The number of ether oxygens (including phenoxy) is 1. The van der Waals surface area contributed by atoms with Crippen molar-refractivity contribution < 1.29 is 14.3 Å². The van der Waals surface area contributed by atoms with E-state index in [0.29, 0.717) is 23.3 Å². The van der Waals surface area contributed by atoms with Crippen LogP contribution >= 0.6 is 0 Å². The van der Waals surface area contributed by atoms with Crippen LogP contribution in [0, 0.1) is 6.92 Å². The van der Waals surface area contributed by atoms with Crippen LogP contribution in [0.3, 0.4) is 0 Å². The van der Waals surface area contributed by atoms with Gasteiger partial charge in [-0.15, -0.1) is 0 Å². The number of aldehydes is 1. The number of nitrogens with zero attached hydrogens (tertiary/aromatic N) is 1. The van der Waals surface area contributed by atoms with Gasteiger partial charge < -0.3 is 10.1 Å². The van der Waals surface area contributed by atoms with Crippen LogP contribution < -0.4 is 10.1 Å². The molecule has 0 saturated heterocycles. The number of carbonyl (C=O) groups excluding carboxylic acids is 2. The van der Waals surface area contributed by atoms with E-state index in [0.717, 1.165) is 16.7 Å². The van der Waals surface area contributed by atoms with Crippen LogP contribution in [0.15, 0.2) is 60.8 Å². The maximum absolute atomic E-state index is 12.6. The number of amides is 1. The van der Waals surface area contributed by atoms with Crippen LogP contribution in [-0.4, -0.2) is 24.3 Å². The van der Waals surface area contributed by atoms with E-state index in [1.807, 2.05) is 55.5 Å². The molecule has 0 aliphatic carbocycles. The lowest BCUT2D eigenvalue weighted by Crippen LogP contribution is -2.15. The van der Waals surface area contributed by atoms with Crippen molar-refractivity contribution in [1.82, 2.24) is 4.98 Å². The van der Waals surface area contributed by atoms with Crippen LogP contribution in [-0.2, 0) is 0 Å². The summed E-state index contributed by atoms with van der Waals surface area (Å²) in [5.74, 6) is -0.0519. The number of methoxy groups -OCH3 is 1. The Morgan fingerprint density at radius 3 is 2.58 bits per heavy atom. The first-order valence-electron chi connectivity index (χ1n) is 8.09. The van der Waals surface area contributed by atoms with Gasteiger partial charge in [-0.25, -0.2) is 0 Å². The summed E-state index contributed by atoms with van der Waals surface area (Å²) in [7, 11) is 1.44. The van der Waals surface area contributed by atoms with Gasteiger partial charge in [-0.05, 0) is 29.7 Å². The average Bonchev–Trinajstić information content (AvgIpc) is 2.69. The van der Waals surface area contributed by atoms with Crippen molar-refractivity contribution in [3.63, 3.8) is 0 Å². The van der Waals surface area contributed by atoms with E-state index in [-0.39, 0.29) is 11.6 Å². The summed E-state index contributed by atoms with van der Waals surface area (Å²) in [6.07, 6.45) is 1.97. The van der Waals surface area contributed by atoms with Gasteiger partial charge >= 0.3 is 0 Å². The second kappa shape index (κ2) is 7.61. The molecule has 5 nitrogen and oxygen atoms in total. The number of rotatable bonds is 5. The summed E-state index contributed by atoms with van der Waals surface area (Å²) in [6.45, 7) is 1.96. The highest BCUT2D eigenvalue weighted by atomic mass is 16.5. The van der Waals surface area contributed by atoms with Gasteiger partial charge in [0.05, 0.1) is 12.7 Å². The Kier molecular flexibility index (Phi) is 5.08. The number of benzene rings is 2. The second-order valence-corrected chi connectivity index (χ2v) is 5.73. The van der Waals surface area contributed by atoms with Crippen molar-refractivity contribution in [3.8, 4) is 16.9 Å². The van der Waals surface area contributed by atoms with Gasteiger partial charge in [0.2, 0.25) is 0 Å². The summed E-state index contributed by atoms with van der Waals surface area (Å²) in [5, 5.41) is 2.88. The van der Waals surface area contributed by atoms with Crippen LogP contribution in [0.1, 0.15) is 26.4 Å². The molecule has 26 heavy (non-hydrogen) atoms. The summed E-state index contributed by atoms with van der Waals surface area (Å²) in [5.41, 5.74) is 4.27. The zero-order valence-electron chi connectivity index (χ0n) is 14.5. The molecule has 1 amide bonds. The Bertz CT molecular complexity index is 953. The minimum absolute atomic E-state index is 0.178. The van der Waals surface area contributed by atoms with Crippen molar-refractivity contribution in [3.05, 3.63) is 77.6 Å². The normalized spacial score (nSPS) is 10.2. The number of carbonyl (C=O) groups is 2. The smallest absolute Gasteiger partial charge is 0.274 e. The molecule has 5 heteroatoms. The molecule has 1 aromatic heterocycles. The highest BCUT2D eigenvalue weighted by molar-refractivity contribution is 6.04. The van der Waals surface area contributed by atoms with E-state index in [1.54, 1.807) is 0 Å². The number of hydrogen-bond acceptors (Lipinski definition) is 4. The fourth-order valence-electron chi connectivity index (χ4n) is 2.72. The molecular weight excluding hydrogens is 328 g/mol. The van der Waals surface area contributed by atoms with Crippen LogP contribution in [0.2, 0.25) is 0 Å². The molecule has 1 N–H and O–H groups in total. The maximum atomic E-state index is 12.6. The Balaban J connectivity index is 1.90. The quantitative estimate of drug-likeness (QED) is 0.705. The lowest BCUT2D eigenvalue weighted by Gasteiger charge is -2.13. The molecule has 3 rings (SSSR count). The van der Waals surface area contributed by atoms with Crippen LogP contribution in [0.5, 0.6) is 5.75 Å². The zero-order valence-corrected chi connectivity index (χ0v) is 14.5. The fraction of sp³-hybridized carbons (Fsp3) is 0.0952. The van der Waals surface area contributed by atoms with E-state index < -0.39 is 0 Å². The van der Waals surface area contributed by atoms with E-state index in [9.17, 15) is 9.59 Å². The predicted octanol–water partition coefficient (Wildman–Crippen LogP) is 4.13. The molecule has 0 aliphatic rings. The summed E-state index contributed by atoms with van der Waals surface area (Å²) in [6, 6.07) is 17.2. The standard InChI is InChI=1S/C21H18N2O3/c1-14-17(15-7-4-3-5-8-15)9-6-10-18(14)23-21(25)19-11-20(26-2)16(13-24)12-22-19/h3-13H,1-2H3,(H,23,25). The van der Waals surface area contributed by atoms with Gasteiger partial charge in [-0.1, -0.05) is 42.5 Å². The molecule has 0 radical (unpaired) electrons. The molecule has 0 atom stereocenters. The topological polar surface area (TPSA) is 68.3 Å². The molecule has 0 bridgehead atoms. The third-order valence-electron chi connectivity index (χ3n) is 4.14. The molecular formula is C21H18N2O3. The van der Waals surface area contributed by atoms with Gasteiger partial charge in [-0.3, -0.25) is 14.6 Å². The van der Waals surface area contributed by atoms with E-state index >= 15 is 0 Å². The van der Waals surface area contributed by atoms with Crippen molar-refractivity contribution in [2.24, 2.45) is 0 Å². The molecule has 0 fully saturated rings. The molecule has 0 spiro atoms. The number of nitrogens with one attached hydrogen (secondary N) is 1. The predicted molar refractivity (Wildman–Crippen MR) is 101 cm³/mol. The third-order valence-corrected chi connectivity index (χ3v) is 4.14. The average molecular weight is 346 g/mol. The van der Waals surface area contributed by atoms with Crippen LogP contribution in [0.4, 0.5) is 5.69 Å². The molecule has 1 heterocycles. The fourth-order valence-corrected chi connectivity index (χ4v) is 2.72. The van der Waals surface area contributed by atoms with E-state index in [4.69, 9.17) is 4.74 Å². The highest BCUT2D eigenvalue weighted by Crippen LogP contribution is 2.28. The largest absolute Gasteiger partial charge is 0.496 e. The minimum atomic E-state index is -0.367. The lowest BCUT2D eigenvalue weighted by molar-refractivity contribution is 0.102. The van der Waals surface area contributed by atoms with Gasteiger partial charge in [0.15, 0.2) is 6.29 Å².